The molecule has 0 saturated heterocycles. The van der Waals surface area contributed by atoms with E-state index in [2.05, 4.69) is 15.2 Å². The maximum absolute atomic E-state index is 11.9. The summed E-state index contributed by atoms with van der Waals surface area (Å²) in [4.78, 5) is 16.4. The molecule has 0 fully saturated rings. The van der Waals surface area contributed by atoms with E-state index in [-0.39, 0.29) is 18.4 Å². The summed E-state index contributed by atoms with van der Waals surface area (Å²) in [5.74, 6) is 0.498. The van der Waals surface area contributed by atoms with Gasteiger partial charge in [-0.25, -0.2) is 4.68 Å². The van der Waals surface area contributed by atoms with Crippen molar-refractivity contribution >= 4 is 29.3 Å². The zero-order valence-electron chi connectivity index (χ0n) is 14.5. The van der Waals surface area contributed by atoms with E-state index in [1.807, 2.05) is 37.4 Å². The Morgan fingerprint density at radius 1 is 1.38 bits per heavy atom. The Morgan fingerprint density at radius 3 is 2.92 bits per heavy atom. The number of nitrogens with zero attached hydrogens (tertiary/aromatic N) is 4. The predicted octanol–water partition coefficient (Wildman–Crippen LogP) is 3.73. The lowest BCUT2D eigenvalue weighted by Gasteiger charge is -2.05. The van der Waals surface area contributed by atoms with Crippen molar-refractivity contribution in [3.63, 3.8) is 0 Å². The van der Waals surface area contributed by atoms with E-state index in [0.29, 0.717) is 22.2 Å². The Labute approximate surface area is 159 Å². The Balaban J connectivity index is 1.93. The minimum atomic E-state index is -0.418. The quantitative estimate of drug-likeness (QED) is 0.466. The number of thioether (sulfide) groups is 1. The molecule has 0 spiro atoms. The fourth-order valence-electron chi connectivity index (χ4n) is 2.39. The smallest absolute Gasteiger partial charge is 0.328 e. The first kappa shape index (κ1) is 18.5. The molecule has 0 aliphatic rings. The molecule has 1 aromatic carbocycles. The van der Waals surface area contributed by atoms with Crippen molar-refractivity contribution < 1.29 is 14.1 Å². The van der Waals surface area contributed by atoms with Gasteiger partial charge in [-0.15, -0.1) is 11.8 Å². The van der Waals surface area contributed by atoms with Crippen LogP contribution in [0.25, 0.3) is 23.0 Å². The first-order valence-electron chi connectivity index (χ1n) is 7.78. The minimum absolute atomic E-state index is 0.0917. The van der Waals surface area contributed by atoms with Crippen LogP contribution in [0.5, 0.6) is 0 Å². The summed E-state index contributed by atoms with van der Waals surface area (Å²) in [5.41, 5.74) is 2.88. The van der Waals surface area contributed by atoms with Crippen molar-refractivity contribution in [1.29, 1.82) is 0 Å². The van der Waals surface area contributed by atoms with Gasteiger partial charge in [0.25, 0.3) is 5.89 Å². The number of rotatable bonds is 6. The van der Waals surface area contributed by atoms with E-state index < -0.39 is 5.97 Å². The first-order chi connectivity index (χ1) is 12.5. The van der Waals surface area contributed by atoms with Crippen LogP contribution in [-0.2, 0) is 16.1 Å². The van der Waals surface area contributed by atoms with Gasteiger partial charge < -0.3 is 9.26 Å². The van der Waals surface area contributed by atoms with Crippen LogP contribution in [0.4, 0.5) is 0 Å². The molecule has 0 aliphatic carbocycles. The predicted molar refractivity (Wildman–Crippen MR) is 99.9 cm³/mol. The third kappa shape index (κ3) is 3.91. The van der Waals surface area contributed by atoms with Crippen molar-refractivity contribution in [2.45, 2.75) is 20.4 Å². The van der Waals surface area contributed by atoms with E-state index in [0.717, 1.165) is 11.1 Å². The van der Waals surface area contributed by atoms with Crippen LogP contribution in [0.15, 0.2) is 28.8 Å². The molecular formula is C17H17ClN4O3S. The lowest BCUT2D eigenvalue weighted by atomic mass is 10.1. The zero-order valence-corrected chi connectivity index (χ0v) is 16.1. The standard InChI is InChI=1S/C17H17ClN4O3S/c1-10-5-4-6-12(7-10)16-19-17(25-21-16)15-14(18)11(2)20-22(15)8-13(23)24-9-26-3/h4-7H,8-9H2,1-3H3. The van der Waals surface area contributed by atoms with Gasteiger partial charge in [-0.2, -0.15) is 10.1 Å². The molecular weight excluding hydrogens is 376 g/mol. The summed E-state index contributed by atoms with van der Waals surface area (Å²) in [6.45, 7) is 3.64. The van der Waals surface area contributed by atoms with Gasteiger partial charge in [0.05, 0.1) is 10.7 Å². The highest BCUT2D eigenvalue weighted by atomic mass is 35.5. The number of aryl methyl sites for hydroxylation is 2. The summed E-state index contributed by atoms with van der Waals surface area (Å²) in [7, 11) is 0. The van der Waals surface area contributed by atoms with Crippen molar-refractivity contribution in [2.24, 2.45) is 0 Å². The van der Waals surface area contributed by atoms with Crippen LogP contribution in [0.3, 0.4) is 0 Å². The molecule has 7 nitrogen and oxygen atoms in total. The lowest BCUT2D eigenvalue weighted by molar-refractivity contribution is -0.142. The molecule has 0 amide bonds. The molecule has 3 aromatic rings. The monoisotopic (exact) mass is 392 g/mol. The van der Waals surface area contributed by atoms with Crippen LogP contribution in [0, 0.1) is 13.8 Å². The number of hydrogen-bond donors (Lipinski definition) is 0. The number of esters is 1. The van der Waals surface area contributed by atoms with Crippen LogP contribution in [0.1, 0.15) is 11.3 Å². The van der Waals surface area contributed by atoms with Gasteiger partial charge in [0.1, 0.15) is 18.2 Å². The van der Waals surface area contributed by atoms with Crippen molar-refractivity contribution in [2.75, 3.05) is 12.2 Å². The number of ether oxygens (including phenoxy) is 1. The summed E-state index contributed by atoms with van der Waals surface area (Å²) in [6, 6.07) is 7.76. The minimum Gasteiger partial charge on any atom is -0.453 e. The highest BCUT2D eigenvalue weighted by Gasteiger charge is 2.23. The van der Waals surface area contributed by atoms with Gasteiger partial charge in [-0.3, -0.25) is 4.79 Å². The van der Waals surface area contributed by atoms with Crippen molar-refractivity contribution in [3.05, 3.63) is 40.5 Å². The van der Waals surface area contributed by atoms with Gasteiger partial charge >= 0.3 is 5.97 Å². The number of carbonyl (C=O) groups is 1. The third-order valence-electron chi connectivity index (χ3n) is 3.58. The summed E-state index contributed by atoms with van der Waals surface area (Å²) < 4.78 is 11.9. The highest BCUT2D eigenvalue weighted by molar-refractivity contribution is 7.98. The van der Waals surface area contributed by atoms with E-state index >= 15 is 0 Å². The van der Waals surface area contributed by atoms with Gasteiger partial charge in [0.15, 0.2) is 0 Å². The third-order valence-corrected chi connectivity index (χ3v) is 4.38. The van der Waals surface area contributed by atoms with Gasteiger partial charge in [-0.05, 0) is 26.2 Å². The molecule has 2 heterocycles. The molecule has 0 atom stereocenters. The van der Waals surface area contributed by atoms with E-state index in [4.69, 9.17) is 20.9 Å². The second-order valence-electron chi connectivity index (χ2n) is 5.62. The average Bonchev–Trinajstić information content (AvgIpc) is 3.18. The molecule has 0 bridgehead atoms. The molecule has 0 radical (unpaired) electrons. The number of benzene rings is 1. The second kappa shape index (κ2) is 7.92. The molecule has 9 heteroatoms. The zero-order chi connectivity index (χ0) is 18.7. The molecule has 136 valence electrons. The van der Waals surface area contributed by atoms with Gasteiger partial charge in [0.2, 0.25) is 5.82 Å². The molecule has 0 saturated carbocycles. The molecule has 2 aromatic heterocycles. The van der Waals surface area contributed by atoms with Crippen molar-refractivity contribution in [3.8, 4) is 23.0 Å². The lowest BCUT2D eigenvalue weighted by Crippen LogP contribution is -2.15. The largest absolute Gasteiger partial charge is 0.453 e. The number of hydrogen-bond acceptors (Lipinski definition) is 7. The summed E-state index contributed by atoms with van der Waals surface area (Å²) >= 11 is 7.76. The van der Waals surface area contributed by atoms with E-state index in [1.54, 1.807) is 6.92 Å². The first-order valence-corrected chi connectivity index (χ1v) is 9.55. The summed E-state index contributed by atoms with van der Waals surface area (Å²) in [5, 5.41) is 8.66. The SMILES string of the molecule is CSCOC(=O)Cn1nc(C)c(Cl)c1-c1nc(-c2cccc(C)c2)no1. The van der Waals surface area contributed by atoms with Gasteiger partial charge in [-0.1, -0.05) is 40.5 Å². The Kier molecular flexibility index (Phi) is 5.63. The van der Waals surface area contributed by atoms with Crippen molar-refractivity contribution in [1.82, 2.24) is 19.9 Å². The maximum Gasteiger partial charge on any atom is 0.328 e. The fraction of sp³-hybridized carbons (Fsp3) is 0.294. The number of aromatic nitrogens is 4. The van der Waals surface area contributed by atoms with Crippen LogP contribution >= 0.6 is 23.4 Å². The van der Waals surface area contributed by atoms with Crippen LogP contribution in [-0.4, -0.2) is 38.1 Å². The normalized spacial score (nSPS) is 10.9. The fourth-order valence-corrected chi connectivity index (χ4v) is 2.86. The number of carbonyl (C=O) groups excluding carboxylic acids is 1. The second-order valence-corrected chi connectivity index (χ2v) is 6.81. The Morgan fingerprint density at radius 2 is 2.19 bits per heavy atom. The molecule has 3 rings (SSSR count). The van der Waals surface area contributed by atoms with E-state index in [1.165, 1.54) is 16.4 Å². The molecule has 0 aliphatic heterocycles. The van der Waals surface area contributed by atoms with Crippen LogP contribution < -0.4 is 0 Å². The molecule has 0 unspecified atom stereocenters. The molecule has 26 heavy (non-hydrogen) atoms. The van der Waals surface area contributed by atoms with Gasteiger partial charge in [0, 0.05) is 5.56 Å². The van der Waals surface area contributed by atoms with E-state index in [9.17, 15) is 4.79 Å². The summed E-state index contributed by atoms with van der Waals surface area (Å²) in [6.07, 6.45) is 1.85. The highest BCUT2D eigenvalue weighted by Crippen LogP contribution is 2.31. The topological polar surface area (TPSA) is 83.0 Å². The molecule has 0 N–H and O–H groups in total. The number of halogens is 1. The maximum atomic E-state index is 11.9. The Hall–Kier alpha value is -2.32. The van der Waals surface area contributed by atoms with Crippen LogP contribution in [0.2, 0.25) is 5.02 Å². The average molecular weight is 393 g/mol. The Bertz CT molecular complexity index is 938.